The molecule has 0 saturated carbocycles. The zero-order valence-corrected chi connectivity index (χ0v) is 23.5. The molecule has 1 aliphatic heterocycles. The van der Waals surface area contributed by atoms with Crippen LogP contribution in [-0.4, -0.2) is 57.6 Å². The molecule has 13 heteroatoms. The Morgan fingerprint density at radius 3 is 2.16 bits per heavy atom. The molecule has 226 valence electrons. The molecule has 43 heavy (non-hydrogen) atoms. The van der Waals surface area contributed by atoms with Gasteiger partial charge in [0, 0.05) is 17.9 Å². The van der Waals surface area contributed by atoms with Gasteiger partial charge in [0.1, 0.15) is 28.7 Å². The molecule has 0 spiro atoms. The summed E-state index contributed by atoms with van der Waals surface area (Å²) < 4.78 is 32.3. The second kappa shape index (κ2) is 14.1. The Morgan fingerprint density at radius 1 is 0.977 bits per heavy atom. The summed E-state index contributed by atoms with van der Waals surface area (Å²) in [5.74, 6) is -3.33. The van der Waals surface area contributed by atoms with Crippen LogP contribution in [-0.2, 0) is 19.2 Å². The second-order valence-electron chi connectivity index (χ2n) is 9.77. The van der Waals surface area contributed by atoms with E-state index in [-0.39, 0.29) is 24.5 Å². The summed E-state index contributed by atoms with van der Waals surface area (Å²) >= 11 is 1.24. The first-order chi connectivity index (χ1) is 20.5. The first kappa shape index (κ1) is 31.4. The maximum atomic E-state index is 13.6. The molecule has 4 rings (SSSR count). The van der Waals surface area contributed by atoms with Crippen molar-refractivity contribution in [3.63, 3.8) is 0 Å². The topological polar surface area (TPSA) is 159 Å². The van der Waals surface area contributed by atoms with E-state index < -0.39 is 59.5 Å². The number of hydrogen-bond donors (Lipinski definition) is 4. The van der Waals surface area contributed by atoms with Crippen LogP contribution in [0.2, 0.25) is 0 Å². The number of rotatable bonds is 14. The van der Waals surface area contributed by atoms with Gasteiger partial charge in [0.2, 0.25) is 11.8 Å². The maximum Gasteiger partial charge on any atom is 0.326 e. The highest BCUT2D eigenvalue weighted by Crippen LogP contribution is 2.46. The third-order valence-corrected chi connectivity index (χ3v) is 8.07. The lowest BCUT2D eigenvalue weighted by Gasteiger charge is -2.47. The SMILES string of the molecule is NC(=O)CC[C@H](NC(=O)COc1ccc([C@@H]2[C@@H](SCC(O)c3ccc(F)cc3)C(=O)N2c2ccc(F)cc2)cc1)C(=O)O. The molecule has 1 aliphatic rings. The average molecular weight is 614 g/mol. The van der Waals surface area contributed by atoms with Crippen molar-refractivity contribution in [2.45, 2.75) is 36.3 Å². The van der Waals surface area contributed by atoms with Crippen LogP contribution in [0.25, 0.3) is 0 Å². The van der Waals surface area contributed by atoms with Crippen LogP contribution in [0.4, 0.5) is 14.5 Å². The number of anilines is 1. The number of primary amides is 1. The lowest BCUT2D eigenvalue weighted by Crippen LogP contribution is -2.57. The fourth-order valence-electron chi connectivity index (χ4n) is 4.50. The standard InChI is InChI=1S/C30H29F2N3O7S/c31-19-5-1-17(2-6-19)24(36)16-43-28-27(35(29(28)39)21-9-7-20(32)8-10-21)18-3-11-22(12-4-18)42-15-26(38)34-23(30(40)41)13-14-25(33)37/h1-12,23-24,27-28,36H,13-16H2,(H2,33,37)(H,34,38)(H,40,41)/t23-,24?,27+,28+/m0/s1. The number of carboxylic acids is 1. The van der Waals surface area contributed by atoms with Crippen molar-refractivity contribution < 1.29 is 42.9 Å². The summed E-state index contributed by atoms with van der Waals surface area (Å²) in [6, 6.07) is 15.8. The number of nitrogens with two attached hydrogens (primary N) is 1. The summed E-state index contributed by atoms with van der Waals surface area (Å²) in [6.07, 6.45) is -1.30. The van der Waals surface area contributed by atoms with Gasteiger partial charge in [-0.2, -0.15) is 0 Å². The van der Waals surface area contributed by atoms with E-state index in [1.54, 1.807) is 24.3 Å². The minimum atomic E-state index is -1.31. The molecule has 1 unspecified atom stereocenters. The summed E-state index contributed by atoms with van der Waals surface area (Å²) in [4.78, 5) is 49.3. The molecule has 0 radical (unpaired) electrons. The van der Waals surface area contributed by atoms with Gasteiger partial charge in [-0.3, -0.25) is 14.4 Å². The minimum absolute atomic E-state index is 0.157. The lowest BCUT2D eigenvalue weighted by atomic mass is 9.92. The van der Waals surface area contributed by atoms with Crippen molar-refractivity contribution in [3.05, 3.63) is 95.6 Å². The Morgan fingerprint density at radius 2 is 1.58 bits per heavy atom. The van der Waals surface area contributed by atoms with Crippen LogP contribution in [0.5, 0.6) is 5.75 Å². The van der Waals surface area contributed by atoms with Crippen molar-refractivity contribution in [1.29, 1.82) is 0 Å². The summed E-state index contributed by atoms with van der Waals surface area (Å²) in [5.41, 5.74) is 6.77. The largest absolute Gasteiger partial charge is 0.484 e. The molecule has 5 N–H and O–H groups in total. The summed E-state index contributed by atoms with van der Waals surface area (Å²) in [7, 11) is 0. The highest BCUT2D eigenvalue weighted by atomic mass is 32.2. The van der Waals surface area contributed by atoms with Crippen LogP contribution >= 0.6 is 11.8 Å². The Labute approximate surface area is 249 Å². The van der Waals surface area contributed by atoms with E-state index in [4.69, 9.17) is 10.5 Å². The summed E-state index contributed by atoms with van der Waals surface area (Å²) in [5, 5.41) is 21.6. The van der Waals surface area contributed by atoms with Gasteiger partial charge in [0.15, 0.2) is 6.61 Å². The smallest absolute Gasteiger partial charge is 0.326 e. The number of aliphatic carboxylic acids is 1. The Bertz CT molecular complexity index is 1460. The van der Waals surface area contributed by atoms with Crippen molar-refractivity contribution in [1.82, 2.24) is 5.32 Å². The molecule has 0 bridgehead atoms. The second-order valence-corrected chi connectivity index (χ2v) is 10.9. The highest BCUT2D eigenvalue weighted by Gasteiger charge is 2.49. The first-order valence-corrected chi connectivity index (χ1v) is 14.3. The predicted octanol–water partition coefficient (Wildman–Crippen LogP) is 3.10. The zero-order valence-electron chi connectivity index (χ0n) is 22.7. The van der Waals surface area contributed by atoms with Gasteiger partial charge in [0.05, 0.1) is 12.1 Å². The van der Waals surface area contributed by atoms with Gasteiger partial charge in [-0.05, 0) is 66.1 Å². The highest BCUT2D eigenvalue weighted by molar-refractivity contribution is 8.00. The maximum absolute atomic E-state index is 13.6. The third kappa shape index (κ3) is 8.08. The number of benzene rings is 3. The molecule has 1 heterocycles. The number of ether oxygens (including phenoxy) is 1. The van der Waals surface area contributed by atoms with Gasteiger partial charge < -0.3 is 30.9 Å². The lowest BCUT2D eigenvalue weighted by molar-refractivity contribution is -0.142. The van der Waals surface area contributed by atoms with E-state index in [1.807, 2.05) is 0 Å². The molecule has 10 nitrogen and oxygen atoms in total. The van der Waals surface area contributed by atoms with Crippen LogP contribution in [0.3, 0.4) is 0 Å². The van der Waals surface area contributed by atoms with Gasteiger partial charge in [-0.15, -0.1) is 11.8 Å². The fraction of sp³-hybridized carbons (Fsp3) is 0.267. The molecule has 1 fully saturated rings. The van der Waals surface area contributed by atoms with E-state index >= 15 is 0 Å². The van der Waals surface area contributed by atoms with Crippen molar-refractivity contribution in [2.24, 2.45) is 5.73 Å². The molecule has 0 aliphatic carbocycles. The van der Waals surface area contributed by atoms with Gasteiger partial charge in [-0.1, -0.05) is 24.3 Å². The predicted molar refractivity (Wildman–Crippen MR) is 154 cm³/mol. The number of halogens is 2. The molecule has 3 aromatic rings. The van der Waals surface area contributed by atoms with E-state index in [0.29, 0.717) is 22.6 Å². The van der Waals surface area contributed by atoms with Gasteiger partial charge in [0.25, 0.3) is 5.91 Å². The zero-order chi connectivity index (χ0) is 31.1. The number of carbonyl (C=O) groups excluding carboxylic acids is 3. The first-order valence-electron chi connectivity index (χ1n) is 13.2. The number of carbonyl (C=O) groups is 4. The van der Waals surface area contributed by atoms with E-state index in [2.05, 4.69) is 5.32 Å². The molecular weight excluding hydrogens is 584 g/mol. The third-order valence-electron chi connectivity index (χ3n) is 6.74. The van der Waals surface area contributed by atoms with Gasteiger partial charge >= 0.3 is 5.97 Å². The van der Waals surface area contributed by atoms with Gasteiger partial charge in [-0.25, -0.2) is 13.6 Å². The van der Waals surface area contributed by atoms with E-state index in [1.165, 1.54) is 65.2 Å². The number of amides is 3. The average Bonchev–Trinajstić information content (AvgIpc) is 2.98. The molecular formula is C30H29F2N3O7S. The van der Waals surface area contributed by atoms with Crippen LogP contribution in [0.1, 0.15) is 36.1 Å². The molecule has 1 saturated heterocycles. The number of aliphatic hydroxyl groups is 1. The molecule has 0 aromatic heterocycles. The number of nitrogens with one attached hydrogen (secondary N) is 1. The van der Waals surface area contributed by atoms with Crippen molar-refractivity contribution in [2.75, 3.05) is 17.3 Å². The van der Waals surface area contributed by atoms with Crippen molar-refractivity contribution in [3.8, 4) is 5.75 Å². The quantitative estimate of drug-likeness (QED) is 0.202. The number of thioether (sulfide) groups is 1. The number of β-lactam (4-membered cyclic amide) rings is 1. The Kier molecular flexibility index (Phi) is 10.3. The number of aliphatic hydroxyl groups excluding tert-OH is 1. The van der Waals surface area contributed by atoms with Crippen molar-refractivity contribution >= 4 is 41.1 Å². The number of carboxylic acid groups (broad SMARTS) is 1. The monoisotopic (exact) mass is 613 g/mol. The van der Waals surface area contributed by atoms with E-state index in [9.17, 15) is 38.2 Å². The number of nitrogens with zero attached hydrogens (tertiary/aromatic N) is 1. The number of hydrogen-bond acceptors (Lipinski definition) is 7. The summed E-state index contributed by atoms with van der Waals surface area (Å²) in [6.45, 7) is -0.483. The minimum Gasteiger partial charge on any atom is -0.484 e. The molecule has 3 aromatic carbocycles. The van der Waals surface area contributed by atoms with Crippen LogP contribution in [0, 0.1) is 11.6 Å². The Hall–Kier alpha value is -4.49. The van der Waals surface area contributed by atoms with Crippen LogP contribution < -0.4 is 20.7 Å². The normalized spacial score (nSPS) is 17.5. The molecule has 3 amide bonds. The fourth-order valence-corrected chi connectivity index (χ4v) is 5.80. The Balaban J connectivity index is 1.43. The van der Waals surface area contributed by atoms with Crippen LogP contribution in [0.15, 0.2) is 72.8 Å². The van der Waals surface area contributed by atoms with E-state index in [0.717, 1.165) is 0 Å². The molecule has 4 atom stereocenters.